The molecular formula is C20H34O2. The number of allylic oxidation sites excluding steroid dienone is 1. The van der Waals surface area contributed by atoms with Gasteiger partial charge in [0, 0.05) is 0 Å². The quantitative estimate of drug-likeness (QED) is 0.760. The first-order chi connectivity index (χ1) is 10.5. The van der Waals surface area contributed by atoms with Crippen LogP contribution in [0.5, 0.6) is 0 Å². The van der Waals surface area contributed by atoms with Crippen LogP contribution in [-0.2, 0) is 0 Å². The fraction of sp³-hybridized carbons (Fsp3) is 0.900. The maximum absolute atomic E-state index is 10.9. The van der Waals surface area contributed by atoms with Gasteiger partial charge < -0.3 is 10.2 Å². The normalized spacial score (nSPS) is 48.6. The van der Waals surface area contributed by atoms with Gasteiger partial charge in [-0.05, 0) is 65.8 Å². The Balaban J connectivity index is 2.08. The molecule has 8 atom stereocenters. The van der Waals surface area contributed by atoms with Crippen LogP contribution in [0.2, 0.25) is 0 Å². The molecule has 0 radical (unpaired) electrons. The van der Waals surface area contributed by atoms with Gasteiger partial charge in [0.15, 0.2) is 0 Å². The zero-order valence-corrected chi connectivity index (χ0v) is 14.7. The minimum Gasteiger partial charge on any atom is -0.392 e. The Hall–Kier alpha value is -0.340. The van der Waals surface area contributed by atoms with Crippen LogP contribution in [0, 0.1) is 47.3 Å². The first-order valence-corrected chi connectivity index (χ1v) is 9.45. The van der Waals surface area contributed by atoms with Gasteiger partial charge in [0.1, 0.15) is 0 Å². The second-order valence-electron chi connectivity index (χ2n) is 8.76. The van der Waals surface area contributed by atoms with E-state index in [9.17, 15) is 10.2 Å². The van der Waals surface area contributed by atoms with E-state index >= 15 is 0 Å². The predicted octanol–water partition coefficient (Wildman–Crippen LogP) is 3.88. The maximum Gasteiger partial charge on any atom is 0.0806 e. The molecule has 2 saturated carbocycles. The lowest BCUT2D eigenvalue weighted by molar-refractivity contribution is -0.0740. The van der Waals surface area contributed by atoms with Gasteiger partial charge >= 0.3 is 0 Å². The van der Waals surface area contributed by atoms with E-state index in [-0.39, 0.29) is 6.61 Å². The molecule has 22 heavy (non-hydrogen) atoms. The van der Waals surface area contributed by atoms with Crippen molar-refractivity contribution in [3.05, 3.63) is 11.6 Å². The van der Waals surface area contributed by atoms with E-state index in [2.05, 4.69) is 33.8 Å². The predicted molar refractivity (Wildman–Crippen MR) is 90.3 cm³/mol. The summed E-state index contributed by atoms with van der Waals surface area (Å²) in [4.78, 5) is 0. The third-order valence-corrected chi connectivity index (χ3v) is 7.37. The summed E-state index contributed by atoms with van der Waals surface area (Å²) in [6, 6.07) is 0. The number of hydrogen-bond donors (Lipinski definition) is 2. The monoisotopic (exact) mass is 306 g/mol. The Bertz CT molecular complexity index is 427. The van der Waals surface area contributed by atoms with Crippen LogP contribution in [0.4, 0.5) is 0 Å². The van der Waals surface area contributed by atoms with Crippen LogP contribution in [0.15, 0.2) is 11.6 Å². The fourth-order valence-electron chi connectivity index (χ4n) is 6.15. The van der Waals surface area contributed by atoms with Gasteiger partial charge in [-0.2, -0.15) is 0 Å². The molecule has 2 heteroatoms. The fourth-order valence-corrected chi connectivity index (χ4v) is 6.15. The summed E-state index contributed by atoms with van der Waals surface area (Å²) >= 11 is 0. The Morgan fingerprint density at radius 2 is 1.73 bits per heavy atom. The van der Waals surface area contributed by atoms with E-state index < -0.39 is 6.10 Å². The van der Waals surface area contributed by atoms with Crippen LogP contribution < -0.4 is 0 Å². The van der Waals surface area contributed by atoms with Gasteiger partial charge in [-0.3, -0.25) is 0 Å². The molecule has 3 rings (SSSR count). The van der Waals surface area contributed by atoms with Gasteiger partial charge in [0.2, 0.25) is 0 Å². The third-order valence-electron chi connectivity index (χ3n) is 7.37. The average molecular weight is 306 g/mol. The molecule has 0 aromatic carbocycles. The van der Waals surface area contributed by atoms with Crippen molar-refractivity contribution in [2.75, 3.05) is 6.61 Å². The van der Waals surface area contributed by atoms with Crippen molar-refractivity contribution in [3.63, 3.8) is 0 Å². The number of hydrogen-bond acceptors (Lipinski definition) is 2. The van der Waals surface area contributed by atoms with E-state index in [1.165, 1.54) is 25.7 Å². The highest BCUT2D eigenvalue weighted by atomic mass is 16.3. The zero-order chi connectivity index (χ0) is 16.0. The Morgan fingerprint density at radius 1 is 1.05 bits per heavy atom. The molecule has 6 unspecified atom stereocenters. The molecule has 126 valence electrons. The molecule has 0 aromatic rings. The summed E-state index contributed by atoms with van der Waals surface area (Å²) in [6.45, 7) is 9.54. The molecule has 3 aliphatic carbocycles. The van der Waals surface area contributed by atoms with Crippen LogP contribution >= 0.6 is 0 Å². The minimum absolute atomic E-state index is 0.0290. The van der Waals surface area contributed by atoms with Crippen molar-refractivity contribution in [2.24, 2.45) is 47.3 Å². The first kappa shape index (κ1) is 16.5. The highest BCUT2D eigenvalue weighted by molar-refractivity contribution is 5.21. The second-order valence-corrected chi connectivity index (χ2v) is 8.76. The van der Waals surface area contributed by atoms with Crippen molar-refractivity contribution >= 4 is 0 Å². The largest absolute Gasteiger partial charge is 0.392 e. The summed E-state index contributed by atoms with van der Waals surface area (Å²) in [5.41, 5.74) is 0.908. The highest BCUT2D eigenvalue weighted by Gasteiger charge is 2.52. The molecule has 2 N–H and O–H groups in total. The van der Waals surface area contributed by atoms with Crippen LogP contribution in [0.1, 0.15) is 53.4 Å². The van der Waals surface area contributed by atoms with E-state index in [1.54, 1.807) is 0 Å². The third kappa shape index (κ3) is 2.57. The SMILES string of the molecule is CC1CCC2C3C(O)C(CO)=CC(C13)[C@@H](C(C)C)CC[C@H]2C. The van der Waals surface area contributed by atoms with E-state index in [1.807, 2.05) is 0 Å². The molecule has 0 aliphatic heterocycles. The number of aliphatic hydroxyl groups excluding tert-OH is 2. The lowest BCUT2D eigenvalue weighted by Crippen LogP contribution is -2.52. The summed E-state index contributed by atoms with van der Waals surface area (Å²) in [5.74, 6) is 4.96. The van der Waals surface area contributed by atoms with Crippen LogP contribution in [0.25, 0.3) is 0 Å². The van der Waals surface area contributed by atoms with Gasteiger partial charge in [0.05, 0.1) is 12.7 Å². The molecule has 0 amide bonds. The van der Waals surface area contributed by atoms with Crippen LogP contribution in [-0.4, -0.2) is 22.9 Å². The highest BCUT2D eigenvalue weighted by Crippen LogP contribution is 2.56. The number of rotatable bonds is 2. The molecule has 0 spiro atoms. The minimum atomic E-state index is -0.410. The Morgan fingerprint density at radius 3 is 2.36 bits per heavy atom. The van der Waals surface area contributed by atoms with Crippen molar-refractivity contribution in [3.8, 4) is 0 Å². The lowest BCUT2D eigenvalue weighted by Gasteiger charge is -2.55. The van der Waals surface area contributed by atoms with E-state index in [0.717, 1.165) is 5.57 Å². The molecule has 2 fully saturated rings. The van der Waals surface area contributed by atoms with Crippen molar-refractivity contribution in [1.29, 1.82) is 0 Å². The Labute approximate surface area is 136 Å². The molecular weight excluding hydrogens is 272 g/mol. The molecule has 0 heterocycles. The first-order valence-electron chi connectivity index (χ1n) is 9.45. The average Bonchev–Trinajstić information content (AvgIpc) is 2.48. The van der Waals surface area contributed by atoms with E-state index in [4.69, 9.17) is 0 Å². The second kappa shape index (κ2) is 6.28. The smallest absolute Gasteiger partial charge is 0.0806 e. The van der Waals surface area contributed by atoms with Gasteiger partial charge in [0.25, 0.3) is 0 Å². The summed E-state index contributed by atoms with van der Waals surface area (Å²) in [6.07, 6.45) is 7.06. The lowest BCUT2D eigenvalue weighted by atomic mass is 9.50. The summed E-state index contributed by atoms with van der Waals surface area (Å²) < 4.78 is 0. The summed E-state index contributed by atoms with van der Waals surface area (Å²) in [7, 11) is 0. The molecule has 0 aromatic heterocycles. The van der Waals surface area contributed by atoms with Gasteiger partial charge in [-0.25, -0.2) is 0 Å². The molecule has 4 bridgehead atoms. The van der Waals surface area contributed by atoms with Crippen molar-refractivity contribution in [2.45, 2.75) is 59.5 Å². The zero-order valence-electron chi connectivity index (χ0n) is 14.7. The Kier molecular flexibility index (Phi) is 4.71. The molecule has 2 nitrogen and oxygen atoms in total. The van der Waals surface area contributed by atoms with Crippen molar-refractivity contribution < 1.29 is 10.2 Å². The van der Waals surface area contributed by atoms with Gasteiger partial charge in [-0.15, -0.1) is 0 Å². The topological polar surface area (TPSA) is 40.5 Å². The summed E-state index contributed by atoms with van der Waals surface area (Å²) in [5, 5.41) is 20.7. The van der Waals surface area contributed by atoms with E-state index in [0.29, 0.717) is 47.3 Å². The molecule has 0 saturated heterocycles. The molecule has 3 aliphatic rings. The number of aliphatic hydroxyl groups is 2. The van der Waals surface area contributed by atoms with Crippen LogP contribution in [0.3, 0.4) is 0 Å². The van der Waals surface area contributed by atoms with Crippen molar-refractivity contribution in [1.82, 2.24) is 0 Å². The standard InChI is InChI=1S/C20H34O2/c1-11(2)15-7-5-12(3)16-8-6-13(4)18-17(15)9-14(10-21)20(22)19(16)18/h9,11-13,15-22H,5-8,10H2,1-4H3/t12-,13?,15-,16?,17?,18?,19?,20?/m1/s1. The van der Waals surface area contributed by atoms with Gasteiger partial charge in [-0.1, -0.05) is 46.6 Å². The maximum atomic E-state index is 10.9.